The molecule has 0 saturated carbocycles. The van der Waals surface area contributed by atoms with Gasteiger partial charge in [-0.2, -0.15) is 0 Å². The fourth-order valence-electron chi connectivity index (χ4n) is 4.14. The van der Waals surface area contributed by atoms with E-state index in [0.717, 1.165) is 18.4 Å². The van der Waals surface area contributed by atoms with Crippen molar-refractivity contribution in [2.45, 2.75) is 97.8 Å². The molecular weight excluding hydrogens is 342 g/mol. The van der Waals surface area contributed by atoms with Gasteiger partial charge >= 0.3 is 0 Å². The SMILES string of the molecule is CCC(C)(CC)C(CC)(CC)S(=O)(=O)NCc1ccc(C(C)(C)C)cc1. The third-order valence-electron chi connectivity index (χ3n) is 6.60. The minimum absolute atomic E-state index is 0.0989. The zero-order chi connectivity index (χ0) is 20.2. The summed E-state index contributed by atoms with van der Waals surface area (Å²) in [5, 5.41) is 0. The Labute approximate surface area is 162 Å². The largest absolute Gasteiger partial charge is 0.218 e. The Morgan fingerprint density at radius 1 is 0.808 bits per heavy atom. The molecule has 150 valence electrons. The highest BCUT2D eigenvalue weighted by Crippen LogP contribution is 2.47. The van der Waals surface area contributed by atoms with Crippen LogP contribution in [-0.4, -0.2) is 13.2 Å². The molecule has 3 nitrogen and oxygen atoms in total. The van der Waals surface area contributed by atoms with Crippen molar-refractivity contribution in [2.24, 2.45) is 5.41 Å². The minimum atomic E-state index is -3.45. The molecule has 1 aromatic rings. The summed E-state index contributed by atoms with van der Waals surface area (Å²) in [7, 11) is -3.45. The molecule has 0 bridgehead atoms. The topological polar surface area (TPSA) is 46.2 Å². The first kappa shape index (κ1) is 23.2. The van der Waals surface area contributed by atoms with Gasteiger partial charge in [-0.1, -0.05) is 79.7 Å². The Bertz CT molecular complexity index is 661. The number of benzene rings is 1. The van der Waals surface area contributed by atoms with Crippen LogP contribution in [-0.2, 0) is 22.0 Å². The van der Waals surface area contributed by atoms with Crippen molar-refractivity contribution < 1.29 is 8.42 Å². The lowest BCUT2D eigenvalue weighted by Crippen LogP contribution is -2.55. The molecule has 1 N–H and O–H groups in total. The van der Waals surface area contributed by atoms with Crippen molar-refractivity contribution in [3.63, 3.8) is 0 Å². The molecule has 26 heavy (non-hydrogen) atoms. The van der Waals surface area contributed by atoms with E-state index in [4.69, 9.17) is 0 Å². The third kappa shape index (κ3) is 4.33. The predicted molar refractivity (Wildman–Crippen MR) is 113 cm³/mol. The van der Waals surface area contributed by atoms with Crippen LogP contribution in [0.15, 0.2) is 24.3 Å². The van der Waals surface area contributed by atoms with Gasteiger partial charge < -0.3 is 0 Å². The minimum Gasteiger partial charge on any atom is -0.212 e. The van der Waals surface area contributed by atoms with Gasteiger partial charge in [0.2, 0.25) is 10.0 Å². The van der Waals surface area contributed by atoms with E-state index in [2.05, 4.69) is 58.4 Å². The average Bonchev–Trinajstić information content (AvgIpc) is 2.60. The summed E-state index contributed by atoms with van der Waals surface area (Å²) in [6.45, 7) is 17.2. The molecule has 0 amide bonds. The molecule has 0 radical (unpaired) electrons. The van der Waals surface area contributed by atoms with Crippen LogP contribution in [0.2, 0.25) is 0 Å². The first-order valence-electron chi connectivity index (χ1n) is 10.0. The van der Waals surface area contributed by atoms with E-state index >= 15 is 0 Å². The first-order chi connectivity index (χ1) is 11.9. The molecule has 1 rings (SSSR count). The van der Waals surface area contributed by atoms with Crippen LogP contribution >= 0.6 is 0 Å². The molecule has 0 atom stereocenters. The van der Waals surface area contributed by atoms with Crippen LogP contribution in [0.3, 0.4) is 0 Å². The number of hydrogen-bond donors (Lipinski definition) is 1. The number of sulfonamides is 1. The maximum absolute atomic E-state index is 13.4. The maximum atomic E-state index is 13.4. The van der Waals surface area contributed by atoms with Crippen LogP contribution in [0.5, 0.6) is 0 Å². The van der Waals surface area contributed by atoms with Gasteiger partial charge in [0, 0.05) is 6.54 Å². The van der Waals surface area contributed by atoms with Crippen LogP contribution < -0.4 is 4.72 Å². The molecular formula is C22H39NO2S. The molecule has 0 aliphatic rings. The van der Waals surface area contributed by atoms with Gasteiger partial charge in [0.15, 0.2) is 0 Å². The summed E-state index contributed by atoms with van der Waals surface area (Å²) in [4.78, 5) is 0. The van der Waals surface area contributed by atoms with Gasteiger partial charge in [-0.15, -0.1) is 0 Å². The Kier molecular flexibility index (Phi) is 7.51. The zero-order valence-corrected chi connectivity index (χ0v) is 18.9. The van der Waals surface area contributed by atoms with Crippen LogP contribution in [0, 0.1) is 5.41 Å². The molecule has 1 aromatic carbocycles. The summed E-state index contributed by atoms with van der Waals surface area (Å²) in [5.41, 5.74) is 2.11. The van der Waals surface area contributed by atoms with Gasteiger partial charge in [0.05, 0.1) is 4.75 Å². The fraction of sp³-hybridized carbons (Fsp3) is 0.727. The molecule has 0 unspecified atom stereocenters. The summed E-state index contributed by atoms with van der Waals surface area (Å²) < 4.78 is 28.9. The Hall–Kier alpha value is -0.870. The van der Waals surface area contributed by atoms with Crippen molar-refractivity contribution >= 4 is 10.0 Å². The smallest absolute Gasteiger partial charge is 0.212 e. The van der Waals surface area contributed by atoms with E-state index in [1.807, 2.05) is 26.0 Å². The Balaban J connectivity index is 3.09. The summed E-state index contributed by atoms with van der Waals surface area (Å²) in [6.07, 6.45) is 2.96. The van der Waals surface area contributed by atoms with Gasteiger partial charge in [-0.25, -0.2) is 13.1 Å². The van der Waals surface area contributed by atoms with E-state index in [9.17, 15) is 8.42 Å². The molecule has 0 spiro atoms. The molecule has 0 heterocycles. The van der Waals surface area contributed by atoms with E-state index in [0.29, 0.717) is 19.4 Å². The number of rotatable bonds is 9. The molecule has 0 fully saturated rings. The van der Waals surface area contributed by atoms with Crippen molar-refractivity contribution in [1.82, 2.24) is 4.72 Å². The van der Waals surface area contributed by atoms with Crippen LogP contribution in [0.25, 0.3) is 0 Å². The maximum Gasteiger partial charge on any atom is 0.218 e. The summed E-state index contributed by atoms with van der Waals surface area (Å²) in [5.74, 6) is 0. The second kappa shape index (κ2) is 8.43. The zero-order valence-electron chi connectivity index (χ0n) is 18.1. The molecule has 0 aliphatic heterocycles. The van der Waals surface area contributed by atoms with Crippen molar-refractivity contribution in [2.75, 3.05) is 0 Å². The summed E-state index contributed by atoms with van der Waals surface area (Å²) in [6, 6.07) is 8.25. The standard InChI is InChI=1S/C22H39NO2S/c1-9-21(8,10-2)22(11-3,12-4)26(24,25)23-17-18-13-15-19(16-14-18)20(5,6)7/h13-16,23H,9-12,17H2,1-8H3. The third-order valence-corrected chi connectivity index (χ3v) is 9.23. The van der Waals surface area contributed by atoms with E-state index in [1.165, 1.54) is 5.56 Å². The quantitative estimate of drug-likeness (QED) is 0.588. The molecule has 0 saturated heterocycles. The monoisotopic (exact) mass is 381 g/mol. The second-order valence-electron chi connectivity index (χ2n) is 8.74. The van der Waals surface area contributed by atoms with E-state index in [-0.39, 0.29) is 10.8 Å². The highest BCUT2D eigenvalue weighted by Gasteiger charge is 2.52. The molecule has 4 heteroatoms. The van der Waals surface area contributed by atoms with E-state index in [1.54, 1.807) is 0 Å². The van der Waals surface area contributed by atoms with Crippen LogP contribution in [0.4, 0.5) is 0 Å². The Morgan fingerprint density at radius 2 is 1.27 bits per heavy atom. The number of hydrogen-bond acceptors (Lipinski definition) is 2. The van der Waals surface area contributed by atoms with Crippen molar-refractivity contribution in [1.29, 1.82) is 0 Å². The Morgan fingerprint density at radius 3 is 1.62 bits per heavy atom. The lowest BCUT2D eigenvalue weighted by atomic mass is 9.69. The average molecular weight is 382 g/mol. The van der Waals surface area contributed by atoms with Crippen LogP contribution in [0.1, 0.15) is 92.2 Å². The second-order valence-corrected chi connectivity index (χ2v) is 10.8. The lowest BCUT2D eigenvalue weighted by Gasteiger charge is -2.46. The first-order valence-corrected chi connectivity index (χ1v) is 11.5. The van der Waals surface area contributed by atoms with E-state index < -0.39 is 14.8 Å². The lowest BCUT2D eigenvalue weighted by molar-refractivity contribution is 0.178. The molecule has 0 aromatic heterocycles. The van der Waals surface area contributed by atoms with Gasteiger partial charge in [0.25, 0.3) is 0 Å². The fourth-order valence-corrected chi connectivity index (χ4v) is 6.47. The highest BCUT2D eigenvalue weighted by atomic mass is 32.2. The van der Waals surface area contributed by atoms with Gasteiger partial charge in [0.1, 0.15) is 0 Å². The number of nitrogens with one attached hydrogen (secondary N) is 1. The normalized spacial score (nSPS) is 13.8. The van der Waals surface area contributed by atoms with Gasteiger partial charge in [-0.05, 0) is 47.6 Å². The highest BCUT2D eigenvalue weighted by molar-refractivity contribution is 7.90. The molecule has 0 aliphatic carbocycles. The summed E-state index contributed by atoms with van der Waals surface area (Å²) >= 11 is 0. The van der Waals surface area contributed by atoms with Gasteiger partial charge in [-0.3, -0.25) is 0 Å². The van der Waals surface area contributed by atoms with Crippen molar-refractivity contribution in [3.8, 4) is 0 Å². The van der Waals surface area contributed by atoms with Crippen molar-refractivity contribution in [3.05, 3.63) is 35.4 Å². The predicted octanol–water partition coefficient (Wildman–Crippen LogP) is 5.79.